The molecule has 0 bridgehead atoms. The number of rotatable bonds is 11. The number of amides is 3. The summed E-state index contributed by atoms with van der Waals surface area (Å²) in [5, 5.41) is 18.7. The summed E-state index contributed by atoms with van der Waals surface area (Å²) in [6.45, 7) is 0. The number of nitrogens with one attached hydrogen (secondary N) is 3. The Morgan fingerprint density at radius 2 is 1.57 bits per heavy atom. The number of thioether (sulfide) groups is 1. The molecule has 4 aromatic carbocycles. The van der Waals surface area contributed by atoms with Gasteiger partial charge in [-0.1, -0.05) is 66.7 Å². The molecule has 0 fully saturated rings. The van der Waals surface area contributed by atoms with Gasteiger partial charge in [0.15, 0.2) is 0 Å². The summed E-state index contributed by atoms with van der Waals surface area (Å²) in [6, 6.07) is 35.5. The third-order valence-electron chi connectivity index (χ3n) is 8.46. The maximum atomic E-state index is 13.9. The molecule has 1 aliphatic carbocycles. The van der Waals surface area contributed by atoms with Gasteiger partial charge in [-0.05, 0) is 90.9 Å². The highest BCUT2D eigenvalue weighted by atomic mass is 32.2. The second kappa shape index (κ2) is 16.4. The van der Waals surface area contributed by atoms with Gasteiger partial charge in [-0.25, -0.2) is 0 Å². The summed E-state index contributed by atoms with van der Waals surface area (Å²) in [4.78, 5) is 44.8. The largest absolute Gasteiger partial charge is 0.378 e. The summed E-state index contributed by atoms with van der Waals surface area (Å²) in [5.41, 5.74) is 5.19. The zero-order valence-electron chi connectivity index (χ0n) is 28.3. The van der Waals surface area contributed by atoms with Crippen molar-refractivity contribution in [2.45, 2.75) is 35.8 Å². The first-order valence-electron chi connectivity index (χ1n) is 16.6. The second-order valence-electron chi connectivity index (χ2n) is 12.3. The van der Waals surface area contributed by atoms with Gasteiger partial charge in [0.25, 0.3) is 11.8 Å². The molecule has 0 radical (unpaired) electrons. The molecular weight excluding hydrogens is 675 g/mol. The van der Waals surface area contributed by atoms with Crippen molar-refractivity contribution < 1.29 is 14.4 Å². The highest BCUT2D eigenvalue weighted by Gasteiger charge is 2.27. The fourth-order valence-electron chi connectivity index (χ4n) is 5.81. The molecule has 1 heterocycles. The second-order valence-corrected chi connectivity index (χ2v) is 14.6. The molecule has 0 spiro atoms. The Morgan fingerprint density at radius 1 is 0.863 bits per heavy atom. The van der Waals surface area contributed by atoms with Gasteiger partial charge in [-0.3, -0.25) is 14.4 Å². The molecule has 5 aromatic rings. The molecule has 0 saturated carbocycles. The normalized spacial score (nSPS) is 12.9. The molecule has 1 unspecified atom stereocenters. The summed E-state index contributed by atoms with van der Waals surface area (Å²) in [7, 11) is 3.90. The molecule has 3 N–H and O–H groups in total. The van der Waals surface area contributed by atoms with Crippen LogP contribution in [0, 0.1) is 11.3 Å². The number of anilines is 3. The Kier molecular flexibility index (Phi) is 11.3. The zero-order valence-corrected chi connectivity index (χ0v) is 29.9. The molecule has 6 rings (SSSR count). The van der Waals surface area contributed by atoms with Crippen LogP contribution in [0.5, 0.6) is 0 Å². The van der Waals surface area contributed by atoms with E-state index in [9.17, 15) is 19.6 Å². The summed E-state index contributed by atoms with van der Waals surface area (Å²) < 4.78 is 0. The van der Waals surface area contributed by atoms with Gasteiger partial charge in [-0.15, -0.1) is 23.1 Å². The van der Waals surface area contributed by atoms with Gasteiger partial charge in [0.2, 0.25) is 5.91 Å². The molecule has 0 saturated heterocycles. The standard InChI is InChI=1S/C41H37N5O3S2/c1-46(2)31-22-20-27(21-23-31)24-35(44-38(47)29-14-7-4-8-15-29)39(48)43-30-16-11-17-32(25-30)50-37(28-12-5-3-6-13-28)40(49)45-41-34(26-42)33-18-9-10-19-36(33)51-41/h3-8,11-17,20-25,37H,9-10,18-19H2,1-2H3,(H,43,48)(H,44,47)(H,45,49)/b35-24+. The number of thiophene rings is 1. The Hall–Kier alpha value is -5.63. The maximum Gasteiger partial charge on any atom is 0.272 e. The van der Waals surface area contributed by atoms with Crippen LogP contribution in [-0.4, -0.2) is 31.8 Å². The lowest BCUT2D eigenvalue weighted by molar-refractivity contribution is -0.116. The van der Waals surface area contributed by atoms with Gasteiger partial charge in [-0.2, -0.15) is 5.26 Å². The Morgan fingerprint density at radius 3 is 2.27 bits per heavy atom. The molecule has 1 atom stereocenters. The van der Waals surface area contributed by atoms with E-state index in [-0.39, 0.29) is 11.6 Å². The molecule has 51 heavy (non-hydrogen) atoms. The van der Waals surface area contributed by atoms with Crippen molar-refractivity contribution in [1.82, 2.24) is 5.32 Å². The quantitative estimate of drug-likeness (QED) is 0.0936. The number of carbonyl (C=O) groups is 3. The highest BCUT2D eigenvalue weighted by molar-refractivity contribution is 8.00. The van der Waals surface area contributed by atoms with Crippen LogP contribution < -0.4 is 20.9 Å². The molecule has 1 aliphatic rings. The molecule has 10 heteroatoms. The summed E-state index contributed by atoms with van der Waals surface area (Å²) in [6.07, 6.45) is 5.55. The van der Waals surface area contributed by atoms with E-state index in [0.29, 0.717) is 21.8 Å². The number of nitrogens with zero attached hydrogens (tertiary/aromatic N) is 2. The minimum Gasteiger partial charge on any atom is -0.378 e. The summed E-state index contributed by atoms with van der Waals surface area (Å²) in [5.74, 6) is -1.14. The van der Waals surface area contributed by atoms with E-state index in [0.717, 1.165) is 53.0 Å². The minimum absolute atomic E-state index is 0.0768. The minimum atomic E-state index is -0.631. The Labute approximate surface area is 306 Å². The third-order valence-corrected chi connectivity index (χ3v) is 10.9. The van der Waals surface area contributed by atoms with Gasteiger partial charge in [0.1, 0.15) is 22.0 Å². The van der Waals surface area contributed by atoms with Crippen molar-refractivity contribution in [3.63, 3.8) is 0 Å². The van der Waals surface area contributed by atoms with Crippen LogP contribution >= 0.6 is 23.1 Å². The average molecular weight is 712 g/mol. The predicted octanol–water partition coefficient (Wildman–Crippen LogP) is 8.45. The lowest BCUT2D eigenvalue weighted by Crippen LogP contribution is -2.30. The van der Waals surface area contributed by atoms with E-state index in [1.165, 1.54) is 28.0 Å². The molecule has 3 amide bonds. The van der Waals surface area contributed by atoms with Crippen LogP contribution in [0.15, 0.2) is 120 Å². The SMILES string of the molecule is CN(C)c1ccc(/C=C(/NC(=O)c2ccccc2)C(=O)Nc2cccc(SC(C(=O)Nc3sc4c(c3C#N)CCCC4)c3ccccc3)c2)cc1. The van der Waals surface area contributed by atoms with Crippen molar-refractivity contribution in [2.75, 3.05) is 29.6 Å². The van der Waals surface area contributed by atoms with Gasteiger partial charge >= 0.3 is 0 Å². The van der Waals surface area contributed by atoms with Crippen LogP contribution in [0.1, 0.15) is 55.6 Å². The number of hydrogen-bond acceptors (Lipinski definition) is 7. The molecule has 0 aliphatic heterocycles. The molecular formula is C41H37N5O3S2. The van der Waals surface area contributed by atoms with E-state index in [1.807, 2.05) is 91.8 Å². The smallest absolute Gasteiger partial charge is 0.272 e. The number of carbonyl (C=O) groups excluding carboxylic acids is 3. The lowest BCUT2D eigenvalue weighted by Gasteiger charge is -2.18. The fourth-order valence-corrected chi connectivity index (χ4v) is 8.14. The Bertz CT molecular complexity index is 2100. The van der Waals surface area contributed by atoms with Crippen molar-refractivity contribution in [1.29, 1.82) is 5.26 Å². The van der Waals surface area contributed by atoms with E-state index >= 15 is 0 Å². The topological polar surface area (TPSA) is 114 Å². The first-order valence-corrected chi connectivity index (χ1v) is 18.3. The van der Waals surface area contributed by atoms with Crippen LogP contribution in [0.4, 0.5) is 16.4 Å². The number of aryl methyl sites for hydroxylation is 1. The first-order chi connectivity index (χ1) is 24.8. The van der Waals surface area contributed by atoms with Gasteiger partial charge in [0.05, 0.1) is 5.56 Å². The molecule has 256 valence electrons. The number of benzene rings is 4. The van der Waals surface area contributed by atoms with Crippen molar-refractivity contribution >= 4 is 63.3 Å². The number of fused-ring (bicyclic) bond motifs is 1. The van der Waals surface area contributed by atoms with Crippen molar-refractivity contribution in [3.05, 3.63) is 148 Å². The van der Waals surface area contributed by atoms with E-state index in [2.05, 4.69) is 22.0 Å². The van der Waals surface area contributed by atoms with Crippen LogP contribution in [0.3, 0.4) is 0 Å². The maximum absolute atomic E-state index is 13.9. The van der Waals surface area contributed by atoms with Crippen LogP contribution in [0.2, 0.25) is 0 Å². The monoisotopic (exact) mass is 711 g/mol. The molecule has 8 nitrogen and oxygen atoms in total. The van der Waals surface area contributed by atoms with Crippen molar-refractivity contribution in [2.24, 2.45) is 0 Å². The van der Waals surface area contributed by atoms with E-state index in [4.69, 9.17) is 0 Å². The number of hydrogen-bond donors (Lipinski definition) is 3. The van der Waals surface area contributed by atoms with E-state index < -0.39 is 17.1 Å². The summed E-state index contributed by atoms with van der Waals surface area (Å²) >= 11 is 2.85. The average Bonchev–Trinajstić information content (AvgIpc) is 3.51. The van der Waals surface area contributed by atoms with Gasteiger partial charge < -0.3 is 20.9 Å². The first kappa shape index (κ1) is 35.2. The van der Waals surface area contributed by atoms with Crippen molar-refractivity contribution in [3.8, 4) is 6.07 Å². The van der Waals surface area contributed by atoms with E-state index in [1.54, 1.807) is 42.5 Å². The molecule has 1 aromatic heterocycles. The predicted molar refractivity (Wildman–Crippen MR) is 207 cm³/mol. The van der Waals surface area contributed by atoms with Crippen LogP contribution in [0.25, 0.3) is 6.08 Å². The fraction of sp³-hybridized carbons (Fsp3) is 0.171. The zero-order chi connectivity index (χ0) is 35.7. The van der Waals surface area contributed by atoms with Crippen LogP contribution in [-0.2, 0) is 22.4 Å². The Balaban J connectivity index is 1.24. The lowest BCUT2D eigenvalue weighted by atomic mass is 9.96. The van der Waals surface area contributed by atoms with Gasteiger partial charge in [0, 0.05) is 40.8 Å². The number of nitriles is 1. The highest BCUT2D eigenvalue weighted by Crippen LogP contribution is 2.41. The third kappa shape index (κ3) is 8.76.